The number of rotatable bonds is 2. The SMILES string of the molecule is CC1(C)N=CN(C(C)(C)C(=O)O)C1=O. The molecule has 0 spiro atoms. The van der Waals surface area contributed by atoms with Gasteiger partial charge >= 0.3 is 5.97 Å². The van der Waals surface area contributed by atoms with Crippen molar-refractivity contribution in [2.45, 2.75) is 38.8 Å². The summed E-state index contributed by atoms with van der Waals surface area (Å²) in [4.78, 5) is 27.8. The van der Waals surface area contributed by atoms with Crippen molar-refractivity contribution < 1.29 is 14.7 Å². The lowest BCUT2D eigenvalue weighted by atomic mass is 10.00. The fraction of sp³-hybridized carbons (Fsp3) is 0.667. The highest BCUT2D eigenvalue weighted by atomic mass is 16.4. The monoisotopic (exact) mass is 198 g/mol. The molecule has 0 radical (unpaired) electrons. The number of aliphatic imine (C=N–C) groups is 1. The maximum absolute atomic E-state index is 11.7. The van der Waals surface area contributed by atoms with E-state index in [1.54, 1.807) is 13.8 Å². The Bertz CT molecular complexity index is 318. The average Bonchev–Trinajstić information content (AvgIpc) is 2.27. The molecule has 0 saturated carbocycles. The summed E-state index contributed by atoms with van der Waals surface area (Å²) in [5.74, 6) is -1.33. The zero-order valence-electron chi connectivity index (χ0n) is 8.74. The normalized spacial score (nSPS) is 20.3. The van der Waals surface area contributed by atoms with E-state index < -0.39 is 17.0 Å². The number of aliphatic carboxylic acids is 1. The molecule has 1 amide bonds. The Kier molecular flexibility index (Phi) is 2.14. The van der Waals surface area contributed by atoms with Gasteiger partial charge in [-0.15, -0.1) is 0 Å². The lowest BCUT2D eigenvalue weighted by molar-refractivity contribution is -0.152. The van der Waals surface area contributed by atoms with Crippen molar-refractivity contribution >= 4 is 18.2 Å². The minimum Gasteiger partial charge on any atom is -0.480 e. The van der Waals surface area contributed by atoms with Crippen molar-refractivity contribution in [1.29, 1.82) is 0 Å². The second kappa shape index (κ2) is 2.80. The minimum atomic E-state index is -1.24. The predicted octanol–water partition coefficient (Wildman–Crippen LogP) is 0.499. The fourth-order valence-electron chi connectivity index (χ4n) is 1.11. The highest BCUT2D eigenvalue weighted by Crippen LogP contribution is 2.25. The maximum atomic E-state index is 11.7. The Balaban J connectivity index is 3.00. The van der Waals surface area contributed by atoms with Gasteiger partial charge in [-0.25, -0.2) is 4.79 Å². The molecule has 0 bridgehead atoms. The summed E-state index contributed by atoms with van der Waals surface area (Å²) in [5.41, 5.74) is -2.08. The Hall–Kier alpha value is -1.39. The van der Waals surface area contributed by atoms with E-state index >= 15 is 0 Å². The molecule has 14 heavy (non-hydrogen) atoms. The Morgan fingerprint density at radius 1 is 1.57 bits per heavy atom. The van der Waals surface area contributed by atoms with Gasteiger partial charge in [0.25, 0.3) is 5.91 Å². The van der Waals surface area contributed by atoms with Crippen LogP contribution in [0, 0.1) is 0 Å². The lowest BCUT2D eigenvalue weighted by Crippen LogP contribution is -2.53. The van der Waals surface area contributed by atoms with E-state index in [-0.39, 0.29) is 5.91 Å². The summed E-state index contributed by atoms with van der Waals surface area (Å²) < 4.78 is 0. The average molecular weight is 198 g/mol. The van der Waals surface area contributed by atoms with Gasteiger partial charge in [-0.1, -0.05) is 0 Å². The predicted molar refractivity (Wildman–Crippen MR) is 51.1 cm³/mol. The van der Waals surface area contributed by atoms with E-state index in [2.05, 4.69) is 4.99 Å². The minimum absolute atomic E-state index is 0.287. The van der Waals surface area contributed by atoms with Crippen LogP contribution in [-0.4, -0.2) is 39.3 Å². The van der Waals surface area contributed by atoms with Crippen LogP contribution in [0.25, 0.3) is 0 Å². The maximum Gasteiger partial charge on any atom is 0.329 e. The summed E-state index contributed by atoms with van der Waals surface area (Å²) in [6, 6.07) is 0. The highest BCUT2D eigenvalue weighted by molar-refractivity contribution is 6.03. The number of amides is 1. The molecule has 0 unspecified atom stereocenters. The van der Waals surface area contributed by atoms with E-state index in [0.29, 0.717) is 0 Å². The van der Waals surface area contributed by atoms with Crippen molar-refractivity contribution in [1.82, 2.24) is 4.90 Å². The molecule has 0 aromatic rings. The molecule has 0 atom stereocenters. The summed E-state index contributed by atoms with van der Waals surface area (Å²) in [5, 5.41) is 8.93. The number of carbonyl (C=O) groups excluding carboxylic acids is 1. The lowest BCUT2D eigenvalue weighted by Gasteiger charge is -2.30. The van der Waals surface area contributed by atoms with Crippen molar-refractivity contribution in [2.24, 2.45) is 4.99 Å². The first kappa shape index (κ1) is 10.7. The van der Waals surface area contributed by atoms with E-state index in [1.165, 1.54) is 20.2 Å². The van der Waals surface area contributed by atoms with E-state index in [1.807, 2.05) is 0 Å². The van der Waals surface area contributed by atoms with Gasteiger partial charge in [0.15, 0.2) is 0 Å². The van der Waals surface area contributed by atoms with E-state index in [9.17, 15) is 9.59 Å². The molecule has 1 N–H and O–H groups in total. The smallest absolute Gasteiger partial charge is 0.329 e. The van der Waals surface area contributed by atoms with Crippen LogP contribution in [0.2, 0.25) is 0 Å². The Labute approximate surface area is 82.4 Å². The topological polar surface area (TPSA) is 70.0 Å². The molecule has 78 valence electrons. The zero-order chi connectivity index (χ0) is 11.1. The molecule has 0 aromatic carbocycles. The van der Waals surface area contributed by atoms with Crippen LogP contribution in [0.3, 0.4) is 0 Å². The molecule has 0 saturated heterocycles. The molecule has 1 heterocycles. The third-order valence-electron chi connectivity index (χ3n) is 2.36. The number of nitrogens with zero attached hydrogens (tertiary/aromatic N) is 2. The van der Waals surface area contributed by atoms with Crippen molar-refractivity contribution in [3.8, 4) is 0 Å². The zero-order valence-corrected chi connectivity index (χ0v) is 8.74. The second-order valence-electron chi connectivity index (χ2n) is 4.34. The van der Waals surface area contributed by atoms with Crippen molar-refractivity contribution in [2.75, 3.05) is 0 Å². The summed E-state index contributed by atoms with van der Waals surface area (Å²) >= 11 is 0. The molecule has 5 heteroatoms. The largest absolute Gasteiger partial charge is 0.480 e. The number of carboxylic acids is 1. The van der Waals surface area contributed by atoms with Crippen LogP contribution in [0.4, 0.5) is 0 Å². The first-order valence-corrected chi connectivity index (χ1v) is 4.32. The van der Waals surface area contributed by atoms with Crippen LogP contribution in [0.1, 0.15) is 27.7 Å². The molecule has 0 aromatic heterocycles. The van der Waals surface area contributed by atoms with Gasteiger partial charge in [-0.2, -0.15) is 0 Å². The van der Waals surface area contributed by atoms with Gasteiger partial charge in [0.05, 0.1) is 6.34 Å². The fourth-order valence-corrected chi connectivity index (χ4v) is 1.11. The van der Waals surface area contributed by atoms with Crippen LogP contribution in [0.15, 0.2) is 4.99 Å². The molecular formula is C9H14N2O3. The highest BCUT2D eigenvalue weighted by Gasteiger charge is 2.46. The first-order valence-electron chi connectivity index (χ1n) is 4.32. The number of carboxylic acid groups (broad SMARTS) is 1. The summed E-state index contributed by atoms with van der Waals surface area (Å²) in [6.07, 6.45) is 1.30. The third-order valence-corrected chi connectivity index (χ3v) is 2.36. The van der Waals surface area contributed by atoms with Crippen molar-refractivity contribution in [3.63, 3.8) is 0 Å². The van der Waals surface area contributed by atoms with Crippen LogP contribution in [-0.2, 0) is 9.59 Å². The van der Waals surface area contributed by atoms with Gasteiger partial charge in [-0.3, -0.25) is 14.7 Å². The van der Waals surface area contributed by atoms with E-state index in [4.69, 9.17) is 5.11 Å². The van der Waals surface area contributed by atoms with Gasteiger partial charge in [0, 0.05) is 0 Å². The molecule has 1 aliphatic rings. The van der Waals surface area contributed by atoms with Gasteiger partial charge in [-0.05, 0) is 27.7 Å². The summed E-state index contributed by atoms with van der Waals surface area (Å²) in [7, 11) is 0. The van der Waals surface area contributed by atoms with Gasteiger partial charge < -0.3 is 5.11 Å². The summed E-state index contributed by atoms with van der Waals surface area (Å²) in [6.45, 7) is 6.26. The molecule has 1 rings (SSSR count). The second-order valence-corrected chi connectivity index (χ2v) is 4.34. The van der Waals surface area contributed by atoms with Crippen LogP contribution >= 0.6 is 0 Å². The molecular weight excluding hydrogens is 184 g/mol. The van der Waals surface area contributed by atoms with E-state index in [0.717, 1.165) is 4.90 Å². The van der Waals surface area contributed by atoms with Gasteiger partial charge in [0.2, 0.25) is 0 Å². The van der Waals surface area contributed by atoms with Crippen LogP contribution < -0.4 is 0 Å². The van der Waals surface area contributed by atoms with Crippen LogP contribution in [0.5, 0.6) is 0 Å². The molecule has 5 nitrogen and oxygen atoms in total. The number of hydrogen-bond donors (Lipinski definition) is 1. The number of hydrogen-bond acceptors (Lipinski definition) is 3. The van der Waals surface area contributed by atoms with Gasteiger partial charge in [0.1, 0.15) is 11.1 Å². The molecule has 1 aliphatic heterocycles. The Morgan fingerprint density at radius 3 is 2.36 bits per heavy atom. The number of carbonyl (C=O) groups is 2. The first-order chi connectivity index (χ1) is 6.19. The molecule has 0 aliphatic carbocycles. The van der Waals surface area contributed by atoms with Crippen molar-refractivity contribution in [3.05, 3.63) is 0 Å². The Morgan fingerprint density at radius 2 is 2.07 bits per heavy atom. The third kappa shape index (κ3) is 1.38. The quantitative estimate of drug-likeness (QED) is 0.702. The molecule has 0 fully saturated rings. The standard InChI is InChI=1S/C9H14N2O3/c1-8(2)6(12)11(5-10-8)9(3,4)7(13)14/h5H,1-4H3,(H,13,14).